The standard InChI is InChI=1S/C29H29Cl2F4N5O/c1-38(15-18-2-5-22(25(32)12-18)29(33,34)35)26-17-40(16-21(26)19-3-6-23(30)24(31)13-19)28(41)20-4-7-27(37-14-20)39-10-8-36-9-11-39/h2-7,12-14,21,26,36H,8-11,15-17H2,1H3. The van der Waals surface area contributed by atoms with Crippen LogP contribution in [0.3, 0.4) is 0 Å². The van der Waals surface area contributed by atoms with E-state index in [1.807, 2.05) is 24.1 Å². The molecule has 2 aromatic carbocycles. The maximum atomic E-state index is 14.3. The number of carbonyl (C=O) groups excluding carboxylic acids is 1. The fraction of sp³-hybridized carbons (Fsp3) is 0.379. The molecule has 5 rings (SSSR count). The van der Waals surface area contributed by atoms with Crippen LogP contribution in [0.1, 0.15) is 33.0 Å². The third-order valence-electron chi connectivity index (χ3n) is 7.72. The van der Waals surface area contributed by atoms with Crippen molar-refractivity contribution in [3.05, 3.63) is 92.8 Å². The van der Waals surface area contributed by atoms with Crippen molar-refractivity contribution in [3.63, 3.8) is 0 Å². The van der Waals surface area contributed by atoms with Gasteiger partial charge in [-0.3, -0.25) is 9.69 Å². The van der Waals surface area contributed by atoms with E-state index in [1.165, 1.54) is 6.07 Å². The highest BCUT2D eigenvalue weighted by atomic mass is 35.5. The van der Waals surface area contributed by atoms with Gasteiger partial charge in [0.2, 0.25) is 0 Å². The zero-order valence-corrected chi connectivity index (χ0v) is 23.8. The average molecular weight is 610 g/mol. The summed E-state index contributed by atoms with van der Waals surface area (Å²) < 4.78 is 53.4. The van der Waals surface area contributed by atoms with Crippen molar-refractivity contribution in [1.29, 1.82) is 0 Å². The van der Waals surface area contributed by atoms with Gasteiger partial charge in [0, 0.05) is 64.0 Å². The number of carbonyl (C=O) groups is 1. The van der Waals surface area contributed by atoms with Crippen LogP contribution in [-0.2, 0) is 12.7 Å². The number of hydrogen-bond acceptors (Lipinski definition) is 5. The van der Waals surface area contributed by atoms with Crippen molar-refractivity contribution in [1.82, 2.24) is 20.1 Å². The predicted octanol–water partition coefficient (Wildman–Crippen LogP) is 5.70. The zero-order chi connectivity index (χ0) is 29.3. The molecule has 1 aromatic heterocycles. The number of piperazine rings is 1. The molecule has 3 aromatic rings. The second kappa shape index (κ2) is 12.1. The normalized spacial score (nSPS) is 19.7. The number of aromatic nitrogens is 1. The van der Waals surface area contributed by atoms with Crippen LogP contribution in [0.25, 0.3) is 0 Å². The summed E-state index contributed by atoms with van der Waals surface area (Å²) in [6, 6.07) is 11.7. The van der Waals surface area contributed by atoms with Gasteiger partial charge < -0.3 is 15.1 Å². The minimum Gasteiger partial charge on any atom is -0.354 e. The summed E-state index contributed by atoms with van der Waals surface area (Å²) in [6.45, 7) is 4.35. The number of pyridine rings is 1. The molecular formula is C29H29Cl2F4N5O. The van der Waals surface area contributed by atoms with Crippen LogP contribution in [0.15, 0.2) is 54.7 Å². The Labute approximate surface area is 245 Å². The second-order valence-electron chi connectivity index (χ2n) is 10.4. The Bertz CT molecular complexity index is 1400. The van der Waals surface area contributed by atoms with Gasteiger partial charge >= 0.3 is 6.18 Å². The third-order valence-corrected chi connectivity index (χ3v) is 8.46. The lowest BCUT2D eigenvalue weighted by molar-refractivity contribution is -0.140. The summed E-state index contributed by atoms with van der Waals surface area (Å²) >= 11 is 12.5. The Hall–Kier alpha value is -2.92. The van der Waals surface area contributed by atoms with Crippen LogP contribution >= 0.6 is 23.2 Å². The fourth-order valence-corrected chi connectivity index (χ4v) is 5.84. The topological polar surface area (TPSA) is 51.7 Å². The number of likely N-dealkylation sites (N-methyl/N-ethyl adjacent to an activating group) is 1. The predicted molar refractivity (Wildman–Crippen MR) is 151 cm³/mol. The van der Waals surface area contributed by atoms with Gasteiger partial charge in [-0.05, 0) is 54.6 Å². The molecule has 218 valence electrons. The van der Waals surface area contributed by atoms with E-state index in [2.05, 4.69) is 15.2 Å². The summed E-state index contributed by atoms with van der Waals surface area (Å²) in [5, 5.41) is 4.09. The van der Waals surface area contributed by atoms with E-state index >= 15 is 0 Å². The van der Waals surface area contributed by atoms with Crippen LogP contribution in [0.2, 0.25) is 10.0 Å². The highest BCUT2D eigenvalue weighted by molar-refractivity contribution is 6.42. The molecule has 6 nitrogen and oxygen atoms in total. The van der Waals surface area contributed by atoms with E-state index in [4.69, 9.17) is 23.2 Å². The number of anilines is 1. The molecular weight excluding hydrogens is 581 g/mol. The lowest BCUT2D eigenvalue weighted by Crippen LogP contribution is -2.43. The molecule has 41 heavy (non-hydrogen) atoms. The monoisotopic (exact) mass is 609 g/mol. The molecule has 0 spiro atoms. The van der Waals surface area contributed by atoms with Gasteiger partial charge in [-0.1, -0.05) is 35.3 Å². The minimum absolute atomic E-state index is 0.175. The van der Waals surface area contributed by atoms with Gasteiger partial charge in [-0.2, -0.15) is 13.2 Å². The van der Waals surface area contributed by atoms with Crippen LogP contribution in [0.5, 0.6) is 0 Å². The van der Waals surface area contributed by atoms with Gasteiger partial charge in [-0.15, -0.1) is 0 Å². The first-order chi connectivity index (χ1) is 19.5. The molecule has 12 heteroatoms. The highest BCUT2D eigenvalue weighted by Crippen LogP contribution is 2.36. The van der Waals surface area contributed by atoms with E-state index in [-0.39, 0.29) is 24.4 Å². The van der Waals surface area contributed by atoms with E-state index in [9.17, 15) is 22.4 Å². The molecule has 0 bridgehead atoms. The SMILES string of the molecule is CN(Cc1ccc(C(F)(F)F)c(F)c1)C1CN(C(=O)c2ccc(N3CCNCC3)nc2)CC1c1ccc(Cl)c(Cl)c1. The summed E-state index contributed by atoms with van der Waals surface area (Å²) in [5.74, 6) is -0.846. The van der Waals surface area contributed by atoms with Crippen molar-refractivity contribution in [2.24, 2.45) is 0 Å². The van der Waals surface area contributed by atoms with Crippen molar-refractivity contribution in [2.45, 2.75) is 24.7 Å². The first-order valence-electron chi connectivity index (χ1n) is 13.2. The van der Waals surface area contributed by atoms with E-state index in [0.29, 0.717) is 34.3 Å². The Morgan fingerprint density at radius 3 is 2.44 bits per heavy atom. The number of rotatable bonds is 6. The zero-order valence-electron chi connectivity index (χ0n) is 22.3. The molecule has 3 heterocycles. The van der Waals surface area contributed by atoms with E-state index < -0.39 is 17.6 Å². The number of amides is 1. The van der Waals surface area contributed by atoms with Crippen molar-refractivity contribution in [3.8, 4) is 0 Å². The summed E-state index contributed by atoms with van der Waals surface area (Å²) in [6.07, 6.45) is -3.17. The molecule has 2 saturated heterocycles. The van der Waals surface area contributed by atoms with Crippen LogP contribution in [0.4, 0.5) is 23.4 Å². The number of alkyl halides is 3. The average Bonchev–Trinajstić information content (AvgIpc) is 3.40. The molecule has 1 amide bonds. The Balaban J connectivity index is 1.37. The molecule has 0 aliphatic carbocycles. The smallest absolute Gasteiger partial charge is 0.354 e. The number of nitrogens with one attached hydrogen (secondary N) is 1. The molecule has 0 radical (unpaired) electrons. The summed E-state index contributed by atoms with van der Waals surface area (Å²) in [7, 11) is 1.81. The van der Waals surface area contributed by atoms with Crippen molar-refractivity contribution >= 4 is 34.9 Å². The lowest BCUT2D eigenvalue weighted by atomic mass is 9.93. The Morgan fingerprint density at radius 2 is 1.80 bits per heavy atom. The van der Waals surface area contributed by atoms with E-state index in [0.717, 1.165) is 49.7 Å². The number of halogens is 6. The quantitative estimate of drug-likeness (QED) is 0.364. The summed E-state index contributed by atoms with van der Waals surface area (Å²) in [4.78, 5) is 23.9. The number of nitrogens with zero attached hydrogens (tertiary/aromatic N) is 4. The van der Waals surface area contributed by atoms with Gasteiger partial charge in [-0.25, -0.2) is 9.37 Å². The van der Waals surface area contributed by atoms with Crippen LogP contribution in [-0.4, -0.2) is 73.0 Å². The molecule has 2 aliphatic heterocycles. The molecule has 2 atom stereocenters. The number of benzene rings is 2. The van der Waals surface area contributed by atoms with Gasteiger partial charge in [0.1, 0.15) is 11.6 Å². The van der Waals surface area contributed by atoms with Gasteiger partial charge in [0.05, 0.1) is 21.2 Å². The van der Waals surface area contributed by atoms with Crippen LogP contribution in [0, 0.1) is 5.82 Å². The second-order valence-corrected chi connectivity index (χ2v) is 11.2. The van der Waals surface area contributed by atoms with Crippen molar-refractivity contribution in [2.75, 3.05) is 51.2 Å². The lowest BCUT2D eigenvalue weighted by Gasteiger charge is -2.29. The van der Waals surface area contributed by atoms with Crippen LogP contribution < -0.4 is 10.2 Å². The Kier molecular flexibility index (Phi) is 8.75. The molecule has 0 saturated carbocycles. The van der Waals surface area contributed by atoms with Gasteiger partial charge in [0.15, 0.2) is 0 Å². The molecule has 2 unspecified atom stereocenters. The maximum Gasteiger partial charge on any atom is 0.419 e. The third kappa shape index (κ3) is 6.61. The maximum absolute atomic E-state index is 14.3. The first kappa shape index (κ1) is 29.6. The Morgan fingerprint density at radius 1 is 1.05 bits per heavy atom. The minimum atomic E-state index is -4.77. The number of likely N-dealkylation sites (tertiary alicyclic amines) is 1. The first-order valence-corrected chi connectivity index (χ1v) is 14.0. The van der Waals surface area contributed by atoms with Crippen molar-refractivity contribution < 1.29 is 22.4 Å². The molecule has 2 aliphatic rings. The molecule has 2 fully saturated rings. The largest absolute Gasteiger partial charge is 0.419 e. The fourth-order valence-electron chi connectivity index (χ4n) is 5.54. The van der Waals surface area contributed by atoms with E-state index in [1.54, 1.807) is 29.3 Å². The molecule has 1 N–H and O–H groups in total. The van der Waals surface area contributed by atoms with Gasteiger partial charge in [0.25, 0.3) is 5.91 Å². The highest BCUT2D eigenvalue weighted by Gasteiger charge is 2.39. The summed E-state index contributed by atoms with van der Waals surface area (Å²) in [5.41, 5.74) is 0.428. The number of hydrogen-bond donors (Lipinski definition) is 1.